The normalized spacial score (nSPS) is 12.2. The molecule has 0 radical (unpaired) electrons. The summed E-state index contributed by atoms with van der Waals surface area (Å²) < 4.78 is 6.38. The van der Waals surface area contributed by atoms with E-state index in [2.05, 4.69) is 58.3 Å². The Morgan fingerprint density at radius 3 is 2.70 bits per heavy atom. The minimum Gasteiger partial charge on any atom is -0.495 e. The molecule has 2 rings (SSSR count). The Bertz CT molecular complexity index is 586. The van der Waals surface area contributed by atoms with Crippen molar-refractivity contribution in [2.24, 2.45) is 0 Å². The highest BCUT2D eigenvalue weighted by Crippen LogP contribution is 2.27. The van der Waals surface area contributed by atoms with Crippen LogP contribution in [0.5, 0.6) is 5.75 Å². The fourth-order valence-electron chi connectivity index (χ4n) is 2.13. The predicted octanol–water partition coefficient (Wildman–Crippen LogP) is 3.86. The lowest BCUT2D eigenvalue weighted by atomic mass is 9.99. The minimum atomic E-state index is 0.111. The Balaban J connectivity index is 2.41. The van der Waals surface area contributed by atoms with Crippen LogP contribution >= 0.6 is 15.9 Å². The van der Waals surface area contributed by atoms with Crippen molar-refractivity contribution in [3.8, 4) is 5.75 Å². The van der Waals surface area contributed by atoms with Crippen LogP contribution in [0.2, 0.25) is 0 Å². The number of hydrogen-bond donors (Lipinski definition) is 1. The summed E-state index contributed by atoms with van der Waals surface area (Å²) in [6, 6.07) is 8.56. The smallest absolute Gasteiger partial charge is 0.137 e. The first kappa shape index (κ1) is 15.0. The van der Waals surface area contributed by atoms with Gasteiger partial charge in [0, 0.05) is 10.7 Å². The highest BCUT2D eigenvalue weighted by Gasteiger charge is 2.15. The second-order valence-electron chi connectivity index (χ2n) is 4.66. The number of aryl methyl sites for hydroxylation is 1. The van der Waals surface area contributed by atoms with Crippen LogP contribution in [-0.2, 0) is 0 Å². The number of ether oxygens (including phenoxy) is 1. The zero-order valence-electron chi connectivity index (χ0n) is 12.0. The number of benzene rings is 1. The number of pyridine rings is 1. The van der Waals surface area contributed by atoms with Crippen molar-refractivity contribution in [3.63, 3.8) is 0 Å². The third kappa shape index (κ3) is 3.38. The second-order valence-corrected chi connectivity index (χ2v) is 5.51. The molecule has 0 fully saturated rings. The lowest BCUT2D eigenvalue weighted by Gasteiger charge is -2.20. The summed E-state index contributed by atoms with van der Waals surface area (Å²) in [6.45, 7) is 5.07. The maximum atomic E-state index is 5.26. The lowest BCUT2D eigenvalue weighted by molar-refractivity contribution is 0.411. The van der Waals surface area contributed by atoms with E-state index in [-0.39, 0.29) is 6.04 Å². The van der Waals surface area contributed by atoms with Gasteiger partial charge in [0.05, 0.1) is 19.3 Å². The van der Waals surface area contributed by atoms with Crippen LogP contribution in [0.25, 0.3) is 0 Å². The SMILES string of the molecule is CCNC(c1cncc(OC)c1)c1ccc(C)c(Br)c1. The molecular formula is C16H19BrN2O. The number of nitrogens with one attached hydrogen (secondary N) is 1. The summed E-state index contributed by atoms with van der Waals surface area (Å²) >= 11 is 3.60. The van der Waals surface area contributed by atoms with Crippen molar-refractivity contribution in [2.45, 2.75) is 19.9 Å². The maximum absolute atomic E-state index is 5.26. The Labute approximate surface area is 128 Å². The topological polar surface area (TPSA) is 34.2 Å². The fraction of sp³-hybridized carbons (Fsp3) is 0.312. The molecule has 0 spiro atoms. The van der Waals surface area contributed by atoms with E-state index in [1.165, 1.54) is 11.1 Å². The van der Waals surface area contributed by atoms with Crippen molar-refractivity contribution in [1.29, 1.82) is 0 Å². The Morgan fingerprint density at radius 2 is 2.05 bits per heavy atom. The number of rotatable bonds is 5. The van der Waals surface area contributed by atoms with E-state index in [1.54, 1.807) is 13.3 Å². The van der Waals surface area contributed by atoms with Gasteiger partial charge >= 0.3 is 0 Å². The average molecular weight is 335 g/mol. The van der Waals surface area contributed by atoms with E-state index < -0.39 is 0 Å². The molecule has 0 aliphatic rings. The number of halogens is 1. The van der Waals surface area contributed by atoms with Crippen LogP contribution in [0.3, 0.4) is 0 Å². The summed E-state index contributed by atoms with van der Waals surface area (Å²) in [5.74, 6) is 0.775. The van der Waals surface area contributed by atoms with Gasteiger partial charge in [-0.2, -0.15) is 0 Å². The van der Waals surface area contributed by atoms with Crippen LogP contribution in [0, 0.1) is 6.92 Å². The summed E-state index contributed by atoms with van der Waals surface area (Å²) in [7, 11) is 1.66. The molecular weight excluding hydrogens is 316 g/mol. The van der Waals surface area contributed by atoms with Crippen LogP contribution < -0.4 is 10.1 Å². The third-order valence-corrected chi connectivity index (χ3v) is 4.10. The quantitative estimate of drug-likeness (QED) is 0.901. The van der Waals surface area contributed by atoms with E-state index in [4.69, 9.17) is 4.74 Å². The zero-order chi connectivity index (χ0) is 14.5. The largest absolute Gasteiger partial charge is 0.495 e. The number of aromatic nitrogens is 1. The Hall–Kier alpha value is -1.39. The van der Waals surface area contributed by atoms with Gasteiger partial charge in [0.15, 0.2) is 0 Å². The molecule has 1 heterocycles. The molecule has 1 N–H and O–H groups in total. The molecule has 1 aromatic carbocycles. The Kier molecular flexibility index (Phi) is 5.15. The molecule has 3 nitrogen and oxygen atoms in total. The van der Waals surface area contributed by atoms with Crippen LogP contribution in [0.4, 0.5) is 0 Å². The molecule has 0 saturated heterocycles. The first-order valence-corrected chi connectivity index (χ1v) is 7.43. The summed E-state index contributed by atoms with van der Waals surface area (Å²) in [5.41, 5.74) is 3.54. The molecule has 106 valence electrons. The standard InChI is InChI=1S/C16H19BrN2O/c1-4-19-16(12-6-5-11(2)15(17)8-12)13-7-14(20-3)10-18-9-13/h5-10,16,19H,4H2,1-3H3. The average Bonchev–Trinajstić information content (AvgIpc) is 2.48. The van der Waals surface area contributed by atoms with Crippen molar-refractivity contribution in [1.82, 2.24) is 10.3 Å². The van der Waals surface area contributed by atoms with E-state index >= 15 is 0 Å². The Morgan fingerprint density at radius 1 is 1.25 bits per heavy atom. The molecule has 20 heavy (non-hydrogen) atoms. The van der Waals surface area contributed by atoms with E-state index in [9.17, 15) is 0 Å². The van der Waals surface area contributed by atoms with Gasteiger partial charge in [-0.25, -0.2) is 0 Å². The second kappa shape index (κ2) is 6.86. The number of methoxy groups -OCH3 is 1. The monoisotopic (exact) mass is 334 g/mol. The summed E-state index contributed by atoms with van der Waals surface area (Å²) in [5, 5.41) is 3.50. The van der Waals surface area contributed by atoms with Crippen molar-refractivity contribution in [3.05, 3.63) is 57.8 Å². The molecule has 1 unspecified atom stereocenters. The molecule has 2 aromatic rings. The summed E-state index contributed by atoms with van der Waals surface area (Å²) in [4.78, 5) is 4.25. The van der Waals surface area contributed by atoms with Gasteiger partial charge in [-0.05, 0) is 42.3 Å². The van der Waals surface area contributed by atoms with Gasteiger partial charge in [0.25, 0.3) is 0 Å². The number of nitrogens with zero attached hydrogens (tertiary/aromatic N) is 1. The third-order valence-electron chi connectivity index (χ3n) is 3.24. The molecule has 0 bridgehead atoms. The maximum Gasteiger partial charge on any atom is 0.137 e. The summed E-state index contributed by atoms with van der Waals surface area (Å²) in [6.07, 6.45) is 3.60. The predicted molar refractivity (Wildman–Crippen MR) is 85.2 cm³/mol. The van der Waals surface area contributed by atoms with Crippen LogP contribution in [0.1, 0.15) is 29.7 Å². The van der Waals surface area contributed by atoms with Gasteiger partial charge in [0.2, 0.25) is 0 Å². The molecule has 0 amide bonds. The van der Waals surface area contributed by atoms with Gasteiger partial charge in [-0.15, -0.1) is 0 Å². The first-order chi connectivity index (χ1) is 9.65. The van der Waals surface area contributed by atoms with Gasteiger partial charge < -0.3 is 10.1 Å². The van der Waals surface area contributed by atoms with Crippen LogP contribution in [0.15, 0.2) is 41.1 Å². The first-order valence-electron chi connectivity index (χ1n) is 6.64. The van der Waals surface area contributed by atoms with Gasteiger partial charge in [0.1, 0.15) is 5.75 Å². The molecule has 1 atom stereocenters. The molecule has 0 aliphatic carbocycles. The van der Waals surface area contributed by atoms with Crippen LogP contribution in [-0.4, -0.2) is 18.6 Å². The van der Waals surface area contributed by atoms with E-state index in [0.29, 0.717) is 0 Å². The van der Waals surface area contributed by atoms with Gasteiger partial charge in [-0.3, -0.25) is 4.98 Å². The fourth-order valence-corrected chi connectivity index (χ4v) is 2.52. The lowest BCUT2D eigenvalue weighted by Crippen LogP contribution is -2.22. The highest BCUT2D eigenvalue weighted by molar-refractivity contribution is 9.10. The zero-order valence-corrected chi connectivity index (χ0v) is 13.6. The number of hydrogen-bond acceptors (Lipinski definition) is 3. The van der Waals surface area contributed by atoms with Gasteiger partial charge in [-0.1, -0.05) is 35.0 Å². The van der Waals surface area contributed by atoms with E-state index in [0.717, 1.165) is 22.3 Å². The molecule has 0 aliphatic heterocycles. The van der Waals surface area contributed by atoms with Crippen molar-refractivity contribution < 1.29 is 4.74 Å². The van der Waals surface area contributed by atoms with E-state index in [1.807, 2.05) is 12.3 Å². The molecule has 1 aromatic heterocycles. The molecule has 4 heteroatoms. The van der Waals surface area contributed by atoms with Crippen molar-refractivity contribution >= 4 is 15.9 Å². The molecule has 0 saturated carbocycles. The highest BCUT2D eigenvalue weighted by atomic mass is 79.9. The van der Waals surface area contributed by atoms with Crippen molar-refractivity contribution in [2.75, 3.05) is 13.7 Å². The minimum absolute atomic E-state index is 0.111.